The van der Waals surface area contributed by atoms with Crippen LogP contribution in [0.4, 0.5) is 0 Å². The Hall–Kier alpha value is -2.04. The molecule has 0 amide bonds. The summed E-state index contributed by atoms with van der Waals surface area (Å²) < 4.78 is 2.13. The molecule has 3 rings (SSSR count). The maximum Gasteiger partial charge on any atom is 0.191 e. The Labute approximate surface area is 151 Å². The Morgan fingerprint density at radius 3 is 2.50 bits per heavy atom. The maximum atomic E-state index is 5.96. The van der Waals surface area contributed by atoms with Gasteiger partial charge in [0.1, 0.15) is 0 Å². The monoisotopic (exact) mass is 355 g/mol. The van der Waals surface area contributed by atoms with E-state index in [-0.39, 0.29) is 0 Å². The number of thioether (sulfide) groups is 1. The topological polar surface area (TPSA) is 30.7 Å². The molecule has 3 aromatic rings. The summed E-state index contributed by atoms with van der Waals surface area (Å²) in [5.74, 6) is 1.73. The van der Waals surface area contributed by atoms with Crippen molar-refractivity contribution in [2.75, 3.05) is 5.75 Å². The zero-order valence-electron chi connectivity index (χ0n) is 13.4. The summed E-state index contributed by atoms with van der Waals surface area (Å²) in [6.07, 6.45) is 4.27. The minimum atomic E-state index is 0.724. The van der Waals surface area contributed by atoms with Crippen molar-refractivity contribution in [1.82, 2.24) is 14.8 Å². The van der Waals surface area contributed by atoms with Crippen LogP contribution in [0, 0.1) is 0 Å². The molecular formula is C19H18ClN3S. The zero-order valence-corrected chi connectivity index (χ0v) is 15.0. The summed E-state index contributed by atoms with van der Waals surface area (Å²) >= 11 is 7.64. The number of aromatic nitrogens is 3. The first-order valence-corrected chi connectivity index (χ1v) is 9.18. The Morgan fingerprint density at radius 2 is 1.79 bits per heavy atom. The minimum Gasteiger partial charge on any atom is -0.302 e. The molecule has 0 saturated heterocycles. The highest BCUT2D eigenvalue weighted by Crippen LogP contribution is 2.25. The Balaban J connectivity index is 1.70. The van der Waals surface area contributed by atoms with Crippen LogP contribution in [0.15, 0.2) is 65.8 Å². The van der Waals surface area contributed by atoms with Crippen molar-refractivity contribution < 1.29 is 0 Å². The highest BCUT2D eigenvalue weighted by molar-refractivity contribution is 7.99. The fourth-order valence-electron chi connectivity index (χ4n) is 2.36. The number of nitrogens with zero attached hydrogens (tertiary/aromatic N) is 3. The summed E-state index contributed by atoms with van der Waals surface area (Å²) in [6, 6.07) is 18.0. The molecular weight excluding hydrogens is 338 g/mol. The molecule has 3 nitrogen and oxygen atoms in total. The molecule has 5 heteroatoms. The normalized spacial score (nSPS) is 11.2. The van der Waals surface area contributed by atoms with Crippen LogP contribution in [-0.4, -0.2) is 20.5 Å². The van der Waals surface area contributed by atoms with E-state index in [1.807, 2.05) is 42.5 Å². The first kappa shape index (κ1) is 16.8. The fourth-order valence-corrected chi connectivity index (χ4v) is 3.30. The number of hydrogen-bond acceptors (Lipinski definition) is 3. The third-order valence-corrected chi connectivity index (χ3v) is 4.73. The van der Waals surface area contributed by atoms with Crippen LogP contribution >= 0.6 is 23.4 Å². The standard InChI is InChI=1S/C19H18ClN3S/c1-2-23-18(16-10-12-17(20)13-11-16)21-22-19(23)24-14-6-9-15-7-4-3-5-8-15/h3-13H,2,14H2,1H3/b9-6+. The summed E-state index contributed by atoms with van der Waals surface area (Å²) in [7, 11) is 0. The Bertz CT molecular complexity index is 810. The maximum absolute atomic E-state index is 5.96. The van der Waals surface area contributed by atoms with Gasteiger partial charge in [0.25, 0.3) is 0 Å². The first-order chi connectivity index (χ1) is 11.8. The van der Waals surface area contributed by atoms with E-state index in [9.17, 15) is 0 Å². The van der Waals surface area contributed by atoms with Crippen molar-refractivity contribution in [2.45, 2.75) is 18.6 Å². The second-order valence-electron chi connectivity index (χ2n) is 5.18. The quantitative estimate of drug-likeness (QED) is 0.553. The second kappa shape index (κ2) is 8.18. The van der Waals surface area contributed by atoms with Crippen LogP contribution in [-0.2, 0) is 6.54 Å². The second-order valence-corrected chi connectivity index (χ2v) is 6.60. The van der Waals surface area contributed by atoms with Gasteiger partial charge in [0.2, 0.25) is 0 Å². The summed E-state index contributed by atoms with van der Waals surface area (Å²) in [6.45, 7) is 2.93. The summed E-state index contributed by atoms with van der Waals surface area (Å²) in [5.41, 5.74) is 2.23. The zero-order chi connectivity index (χ0) is 16.8. The van der Waals surface area contributed by atoms with E-state index in [0.717, 1.165) is 33.9 Å². The van der Waals surface area contributed by atoms with Gasteiger partial charge < -0.3 is 4.57 Å². The summed E-state index contributed by atoms with van der Waals surface area (Å²) in [4.78, 5) is 0. The molecule has 0 atom stereocenters. The van der Waals surface area contributed by atoms with E-state index in [2.05, 4.69) is 46.0 Å². The third-order valence-electron chi connectivity index (χ3n) is 3.55. The van der Waals surface area contributed by atoms with Gasteiger partial charge in [-0.15, -0.1) is 10.2 Å². The average Bonchev–Trinajstić information content (AvgIpc) is 3.03. The number of rotatable bonds is 6. The van der Waals surface area contributed by atoms with Crippen molar-refractivity contribution in [3.8, 4) is 11.4 Å². The molecule has 0 N–H and O–H groups in total. The van der Waals surface area contributed by atoms with Gasteiger partial charge in [0.05, 0.1) is 0 Å². The van der Waals surface area contributed by atoms with Crippen LogP contribution < -0.4 is 0 Å². The Morgan fingerprint density at radius 1 is 1.04 bits per heavy atom. The van der Waals surface area contributed by atoms with E-state index < -0.39 is 0 Å². The lowest BCUT2D eigenvalue weighted by molar-refractivity contribution is 0.688. The van der Waals surface area contributed by atoms with Crippen LogP contribution in [0.25, 0.3) is 17.5 Å². The molecule has 0 aliphatic rings. The van der Waals surface area contributed by atoms with E-state index in [4.69, 9.17) is 11.6 Å². The molecule has 0 aliphatic carbocycles. The molecule has 1 heterocycles. The summed E-state index contributed by atoms with van der Waals surface area (Å²) in [5, 5.41) is 10.3. The number of hydrogen-bond donors (Lipinski definition) is 0. The first-order valence-electron chi connectivity index (χ1n) is 7.81. The smallest absolute Gasteiger partial charge is 0.191 e. The van der Waals surface area contributed by atoms with Gasteiger partial charge in [-0.25, -0.2) is 0 Å². The SMILES string of the molecule is CCn1c(SC/C=C/c2ccccc2)nnc1-c1ccc(Cl)cc1. The van der Waals surface area contributed by atoms with E-state index in [1.54, 1.807) is 11.8 Å². The molecule has 2 aromatic carbocycles. The van der Waals surface area contributed by atoms with Gasteiger partial charge in [0.15, 0.2) is 11.0 Å². The lowest BCUT2D eigenvalue weighted by Crippen LogP contribution is -1.99. The predicted molar refractivity (Wildman–Crippen MR) is 102 cm³/mol. The molecule has 0 unspecified atom stereocenters. The van der Waals surface area contributed by atoms with Crippen molar-refractivity contribution in [3.63, 3.8) is 0 Å². The Kier molecular flexibility index (Phi) is 5.72. The van der Waals surface area contributed by atoms with Crippen molar-refractivity contribution in [3.05, 3.63) is 71.3 Å². The minimum absolute atomic E-state index is 0.724. The van der Waals surface area contributed by atoms with Gasteiger partial charge in [-0.3, -0.25) is 0 Å². The van der Waals surface area contributed by atoms with E-state index in [0.29, 0.717) is 0 Å². The van der Waals surface area contributed by atoms with Crippen molar-refractivity contribution in [2.24, 2.45) is 0 Å². The number of benzene rings is 2. The molecule has 24 heavy (non-hydrogen) atoms. The van der Waals surface area contributed by atoms with E-state index >= 15 is 0 Å². The van der Waals surface area contributed by atoms with Crippen molar-refractivity contribution in [1.29, 1.82) is 0 Å². The third kappa shape index (κ3) is 4.08. The molecule has 122 valence electrons. The van der Waals surface area contributed by atoms with Crippen LogP contribution in [0.2, 0.25) is 5.02 Å². The highest BCUT2D eigenvalue weighted by Gasteiger charge is 2.12. The highest BCUT2D eigenvalue weighted by atomic mass is 35.5. The lowest BCUT2D eigenvalue weighted by Gasteiger charge is -2.06. The molecule has 1 aromatic heterocycles. The van der Waals surface area contributed by atoms with Gasteiger partial charge >= 0.3 is 0 Å². The number of halogens is 1. The molecule has 0 radical (unpaired) electrons. The van der Waals surface area contributed by atoms with Gasteiger partial charge in [0, 0.05) is 22.9 Å². The van der Waals surface area contributed by atoms with Gasteiger partial charge in [-0.1, -0.05) is 65.8 Å². The van der Waals surface area contributed by atoms with Gasteiger partial charge in [-0.05, 0) is 36.8 Å². The average molecular weight is 356 g/mol. The molecule has 0 bridgehead atoms. The predicted octanol–water partition coefficient (Wildman–Crippen LogP) is 5.42. The van der Waals surface area contributed by atoms with E-state index in [1.165, 1.54) is 5.56 Å². The van der Waals surface area contributed by atoms with Gasteiger partial charge in [-0.2, -0.15) is 0 Å². The fraction of sp³-hybridized carbons (Fsp3) is 0.158. The molecule has 0 fully saturated rings. The van der Waals surface area contributed by atoms with Crippen LogP contribution in [0.1, 0.15) is 12.5 Å². The lowest BCUT2D eigenvalue weighted by atomic mass is 10.2. The van der Waals surface area contributed by atoms with Crippen LogP contribution in [0.5, 0.6) is 0 Å². The largest absolute Gasteiger partial charge is 0.302 e. The van der Waals surface area contributed by atoms with Crippen molar-refractivity contribution >= 4 is 29.4 Å². The van der Waals surface area contributed by atoms with Crippen LogP contribution in [0.3, 0.4) is 0 Å². The molecule has 0 aliphatic heterocycles. The molecule has 0 spiro atoms. The molecule has 0 saturated carbocycles.